The average Bonchev–Trinajstić information content (AvgIpc) is 3.73. The molecule has 1 aliphatic carbocycles. The molecule has 1 N–H and O–H groups in total. The molecule has 1 fully saturated rings. The number of benzene rings is 5. The van der Waals surface area contributed by atoms with Gasteiger partial charge < -0.3 is 62.1 Å². The first-order valence-electron chi connectivity index (χ1n) is 26.4. The van der Waals surface area contributed by atoms with E-state index in [9.17, 15) is 14.7 Å². The highest BCUT2D eigenvalue weighted by molar-refractivity contribution is 6.10. The zero-order valence-electron chi connectivity index (χ0n) is 44.4. The summed E-state index contributed by atoms with van der Waals surface area (Å²) in [5.74, 6) is 0.310. The predicted octanol–water partition coefficient (Wildman–Crippen LogP) is 9.56. The molecule has 0 spiro atoms. The first-order chi connectivity index (χ1) is 37.0. The molecule has 2 heterocycles. The second-order valence-corrected chi connectivity index (χ2v) is 19.5. The molecule has 8 rings (SSSR count). The van der Waals surface area contributed by atoms with Gasteiger partial charge in [-0.25, -0.2) is 4.79 Å². The number of aliphatic carboxylic acids is 1. The summed E-state index contributed by atoms with van der Waals surface area (Å²) in [5.41, 5.74) is 8.25. The van der Waals surface area contributed by atoms with E-state index in [-0.39, 0.29) is 37.9 Å². The van der Waals surface area contributed by atoms with Gasteiger partial charge in [-0.05, 0) is 77.7 Å². The second-order valence-electron chi connectivity index (χ2n) is 19.5. The lowest BCUT2D eigenvalue weighted by molar-refractivity contribution is -0.148. The van der Waals surface area contributed by atoms with Gasteiger partial charge in [0.25, 0.3) is 0 Å². The van der Waals surface area contributed by atoms with Crippen LogP contribution in [0.25, 0.3) is 28.0 Å². The third-order valence-corrected chi connectivity index (χ3v) is 13.8. The number of methoxy groups -OCH3 is 1. The van der Waals surface area contributed by atoms with Crippen LogP contribution >= 0.6 is 0 Å². The highest BCUT2D eigenvalue weighted by Crippen LogP contribution is 2.59. The molecule has 0 bridgehead atoms. The van der Waals surface area contributed by atoms with Crippen molar-refractivity contribution in [3.63, 3.8) is 0 Å². The van der Waals surface area contributed by atoms with Crippen molar-refractivity contribution in [2.75, 3.05) is 124 Å². The van der Waals surface area contributed by atoms with E-state index in [1.165, 1.54) is 22.3 Å². The van der Waals surface area contributed by atoms with Gasteiger partial charge in [0.05, 0.1) is 105 Å². The van der Waals surface area contributed by atoms with Crippen LogP contribution in [0.4, 0.5) is 5.69 Å². The van der Waals surface area contributed by atoms with Crippen molar-refractivity contribution in [3.8, 4) is 28.4 Å². The molecule has 2 unspecified atom stereocenters. The first kappa shape index (κ1) is 55.9. The van der Waals surface area contributed by atoms with E-state index in [0.717, 1.165) is 63.3 Å². The van der Waals surface area contributed by atoms with Crippen LogP contribution < -0.4 is 19.1 Å². The molecule has 5 aromatic carbocycles. The first-order valence-corrected chi connectivity index (χ1v) is 26.4. The Morgan fingerprint density at radius 3 is 1.95 bits per heavy atom. The van der Waals surface area contributed by atoms with Gasteiger partial charge >= 0.3 is 11.9 Å². The standard InChI is InChI=1S/C61H73NO14/c1-43(2)42-73-37-36-71-33-32-69-29-28-68-30-31-70-34-35-72-38-39-74-55(63)17-11-16-53(59(64)65)75-46-20-18-45(19-21-46)61(44-12-7-6-8-13-44)23-22-48-57-56(47-14-9-10-15-51(47)60(57,3)4)49-40-52(62-24-26-67-27-25-62)54(66-5)41-50(49)58(48)76-61/h6-10,12-15,18-23,40-41,53H,1,11,16-17,24-39,42H2,2-5H3,(H,64,65). The Balaban J connectivity index is 0.837. The highest BCUT2D eigenvalue weighted by Gasteiger charge is 2.44. The van der Waals surface area contributed by atoms with E-state index in [4.69, 9.17) is 52.1 Å². The van der Waals surface area contributed by atoms with Crippen LogP contribution in [0.3, 0.4) is 0 Å². The molecule has 3 aliphatic rings. The lowest BCUT2D eigenvalue weighted by Crippen LogP contribution is -2.36. The predicted molar refractivity (Wildman–Crippen MR) is 291 cm³/mol. The molecule has 1 saturated heterocycles. The zero-order chi connectivity index (χ0) is 53.3. The molecular formula is C61H73NO14. The third kappa shape index (κ3) is 13.6. The number of carbonyl (C=O) groups excluding carboxylic acids is 1. The SMILES string of the molecule is C=C(C)COCCOCCOCCOCCOCCOCCOC(=O)CCCC(Oc1ccc(C2(c3ccccc3)C=Cc3c4c(c5cc(N6CCOCC6)c(OC)cc5c3O2)-c2ccccc2C4(C)C)cc1)C(=O)O. The fourth-order valence-corrected chi connectivity index (χ4v) is 10.1. The van der Waals surface area contributed by atoms with Crippen LogP contribution in [0.2, 0.25) is 0 Å². The Labute approximate surface area is 446 Å². The quantitative estimate of drug-likeness (QED) is 0.0254. The van der Waals surface area contributed by atoms with Crippen molar-refractivity contribution in [1.29, 1.82) is 0 Å². The minimum Gasteiger partial charge on any atom is -0.495 e. The minimum absolute atomic E-state index is 0.0337. The number of morpholine rings is 1. The van der Waals surface area contributed by atoms with Gasteiger partial charge in [0, 0.05) is 47.0 Å². The molecule has 0 saturated carbocycles. The van der Waals surface area contributed by atoms with Crippen LogP contribution in [-0.2, 0) is 58.5 Å². The number of carbonyl (C=O) groups is 2. The lowest BCUT2D eigenvalue weighted by Gasteiger charge is -2.39. The molecule has 76 heavy (non-hydrogen) atoms. The number of rotatable bonds is 31. The zero-order valence-corrected chi connectivity index (χ0v) is 44.4. The van der Waals surface area contributed by atoms with E-state index in [0.29, 0.717) is 91.6 Å². The number of hydrogen-bond donors (Lipinski definition) is 1. The maximum absolute atomic E-state index is 12.5. The normalized spacial score (nSPS) is 16.6. The van der Waals surface area contributed by atoms with Gasteiger partial charge in [0.1, 0.15) is 23.9 Å². The van der Waals surface area contributed by atoms with Gasteiger partial charge in [0.15, 0.2) is 11.7 Å². The second kappa shape index (κ2) is 27.1. The van der Waals surface area contributed by atoms with Gasteiger partial charge in [0.2, 0.25) is 0 Å². The summed E-state index contributed by atoms with van der Waals surface area (Å²) in [6.07, 6.45) is 3.55. The van der Waals surface area contributed by atoms with Crippen molar-refractivity contribution < 1.29 is 66.8 Å². The molecular weight excluding hydrogens is 971 g/mol. The number of hydrogen-bond acceptors (Lipinski definition) is 14. The monoisotopic (exact) mass is 1040 g/mol. The summed E-state index contributed by atoms with van der Waals surface area (Å²) in [5, 5.41) is 12.2. The van der Waals surface area contributed by atoms with Gasteiger partial charge in [-0.2, -0.15) is 0 Å². The van der Waals surface area contributed by atoms with Crippen molar-refractivity contribution in [2.45, 2.75) is 57.2 Å². The van der Waals surface area contributed by atoms with Gasteiger partial charge in [-0.3, -0.25) is 4.79 Å². The topological polar surface area (TPSA) is 159 Å². The molecule has 5 aromatic rings. The minimum atomic E-state index is -1.19. The van der Waals surface area contributed by atoms with Gasteiger partial charge in [-0.15, -0.1) is 0 Å². The van der Waals surface area contributed by atoms with Crippen molar-refractivity contribution in [2.24, 2.45) is 0 Å². The van der Waals surface area contributed by atoms with E-state index < -0.39 is 23.6 Å². The van der Waals surface area contributed by atoms with Crippen molar-refractivity contribution in [3.05, 3.63) is 137 Å². The van der Waals surface area contributed by atoms with Crippen LogP contribution in [0.15, 0.2) is 109 Å². The summed E-state index contributed by atoms with van der Waals surface area (Å²) in [6.45, 7) is 18.4. The van der Waals surface area contributed by atoms with Crippen molar-refractivity contribution in [1.82, 2.24) is 0 Å². The molecule has 406 valence electrons. The third-order valence-electron chi connectivity index (χ3n) is 13.8. The molecule has 0 aromatic heterocycles. The fourth-order valence-electron chi connectivity index (χ4n) is 10.1. The number of nitrogens with zero attached hydrogens (tertiary/aromatic N) is 1. The maximum atomic E-state index is 12.5. The largest absolute Gasteiger partial charge is 0.495 e. The maximum Gasteiger partial charge on any atom is 0.344 e. The van der Waals surface area contributed by atoms with Crippen LogP contribution in [0.5, 0.6) is 17.2 Å². The molecule has 2 atom stereocenters. The summed E-state index contributed by atoms with van der Waals surface area (Å²) >= 11 is 0. The average molecular weight is 1040 g/mol. The Kier molecular flexibility index (Phi) is 20.0. The lowest BCUT2D eigenvalue weighted by atomic mass is 9.76. The smallest absolute Gasteiger partial charge is 0.344 e. The summed E-state index contributed by atoms with van der Waals surface area (Å²) in [7, 11) is 1.72. The number of esters is 1. The summed E-state index contributed by atoms with van der Waals surface area (Å²) in [4.78, 5) is 27.3. The molecule has 0 amide bonds. The molecule has 0 radical (unpaired) electrons. The summed E-state index contributed by atoms with van der Waals surface area (Å²) in [6, 6.07) is 30.6. The van der Waals surface area contributed by atoms with Gasteiger partial charge in [-0.1, -0.05) is 98.8 Å². The van der Waals surface area contributed by atoms with E-state index in [2.05, 4.69) is 86.0 Å². The molecule has 15 nitrogen and oxygen atoms in total. The Morgan fingerprint density at radius 1 is 0.737 bits per heavy atom. The number of carboxylic acid groups (broad SMARTS) is 1. The number of carboxylic acids is 1. The summed E-state index contributed by atoms with van der Waals surface area (Å²) < 4.78 is 63.7. The Bertz CT molecular complexity index is 2750. The van der Waals surface area contributed by atoms with Crippen LogP contribution in [0.1, 0.15) is 67.9 Å². The van der Waals surface area contributed by atoms with Crippen molar-refractivity contribution >= 4 is 34.5 Å². The van der Waals surface area contributed by atoms with Crippen LogP contribution in [0, 0.1) is 0 Å². The Morgan fingerprint density at radius 2 is 1.33 bits per heavy atom. The number of anilines is 1. The van der Waals surface area contributed by atoms with E-state index in [1.807, 2.05) is 37.3 Å². The number of ether oxygens (including phenoxy) is 11. The van der Waals surface area contributed by atoms with E-state index in [1.54, 1.807) is 19.2 Å². The van der Waals surface area contributed by atoms with Crippen LogP contribution in [-0.4, -0.2) is 142 Å². The number of fused-ring (bicyclic) bond motifs is 8. The molecule has 15 heteroatoms. The highest BCUT2D eigenvalue weighted by atomic mass is 16.6. The molecule has 2 aliphatic heterocycles. The fraction of sp³-hybridized carbons (Fsp3) is 0.443. The van der Waals surface area contributed by atoms with E-state index >= 15 is 0 Å². The Hall–Kier alpha value is -6.30.